The maximum absolute atomic E-state index is 12.7. The lowest BCUT2D eigenvalue weighted by Crippen LogP contribution is -2.48. The number of benzene rings is 2. The van der Waals surface area contributed by atoms with E-state index >= 15 is 0 Å². The fourth-order valence-electron chi connectivity index (χ4n) is 3.00. The predicted octanol–water partition coefficient (Wildman–Crippen LogP) is 3.91. The van der Waals surface area contributed by atoms with Crippen molar-refractivity contribution in [3.8, 4) is 11.5 Å². The van der Waals surface area contributed by atoms with Crippen LogP contribution >= 0.6 is 11.6 Å². The predicted molar refractivity (Wildman–Crippen MR) is 99.2 cm³/mol. The molecule has 144 valence electrons. The number of ether oxygens (including phenoxy) is 2. The fourth-order valence-corrected chi connectivity index (χ4v) is 3.13. The second-order valence-corrected chi connectivity index (χ2v) is 6.44. The summed E-state index contributed by atoms with van der Waals surface area (Å²) in [4.78, 5) is 16.6. The van der Waals surface area contributed by atoms with Gasteiger partial charge in [-0.2, -0.15) is 8.78 Å². The number of alkyl halides is 2. The van der Waals surface area contributed by atoms with Crippen molar-refractivity contribution < 1.29 is 23.0 Å². The summed E-state index contributed by atoms with van der Waals surface area (Å²) in [5.74, 6) is -0.231. The third-order valence-corrected chi connectivity index (χ3v) is 4.64. The van der Waals surface area contributed by atoms with Crippen LogP contribution in [0.2, 0.25) is 5.02 Å². The van der Waals surface area contributed by atoms with Gasteiger partial charge in [0.05, 0.1) is 7.11 Å². The second-order valence-electron chi connectivity index (χ2n) is 6.00. The molecule has 1 amide bonds. The molecule has 2 aromatic carbocycles. The van der Waals surface area contributed by atoms with Gasteiger partial charge in [0.15, 0.2) is 11.5 Å². The Labute approximate surface area is 161 Å². The minimum Gasteiger partial charge on any atom is -0.493 e. The lowest BCUT2D eigenvalue weighted by atomic mass is 10.1. The Balaban J connectivity index is 1.67. The summed E-state index contributed by atoms with van der Waals surface area (Å²) in [5.41, 5.74) is 1.33. The first-order valence-electron chi connectivity index (χ1n) is 8.40. The van der Waals surface area contributed by atoms with E-state index in [9.17, 15) is 13.6 Å². The molecule has 0 bridgehead atoms. The molecular weight excluding hydrogens is 378 g/mol. The SMILES string of the molecule is COc1ccc(C(=O)N2CCN(c3ccc(Cl)cc3)CC2)cc1OC(F)F. The molecule has 3 rings (SSSR count). The molecule has 1 aliphatic heterocycles. The highest BCUT2D eigenvalue weighted by Crippen LogP contribution is 2.30. The van der Waals surface area contributed by atoms with Crippen LogP contribution in [0.5, 0.6) is 11.5 Å². The Bertz CT molecular complexity index is 794. The van der Waals surface area contributed by atoms with Crippen LogP contribution in [0.4, 0.5) is 14.5 Å². The monoisotopic (exact) mass is 396 g/mol. The van der Waals surface area contributed by atoms with Crippen LogP contribution in [0, 0.1) is 0 Å². The van der Waals surface area contributed by atoms with Crippen LogP contribution in [0.25, 0.3) is 0 Å². The van der Waals surface area contributed by atoms with Crippen molar-refractivity contribution in [2.75, 3.05) is 38.2 Å². The number of amides is 1. The Hall–Kier alpha value is -2.54. The van der Waals surface area contributed by atoms with Gasteiger partial charge in [-0.15, -0.1) is 0 Å². The summed E-state index contributed by atoms with van der Waals surface area (Å²) < 4.78 is 34.6. The van der Waals surface area contributed by atoms with Gasteiger partial charge < -0.3 is 19.3 Å². The number of anilines is 1. The van der Waals surface area contributed by atoms with E-state index in [2.05, 4.69) is 9.64 Å². The first-order valence-corrected chi connectivity index (χ1v) is 8.78. The van der Waals surface area contributed by atoms with Gasteiger partial charge in [0.2, 0.25) is 0 Å². The Kier molecular flexibility index (Phi) is 6.01. The highest BCUT2D eigenvalue weighted by molar-refractivity contribution is 6.30. The van der Waals surface area contributed by atoms with Gasteiger partial charge in [-0.3, -0.25) is 4.79 Å². The number of rotatable bonds is 5. The Morgan fingerprint density at radius 2 is 1.70 bits per heavy atom. The number of carbonyl (C=O) groups excluding carboxylic acids is 1. The molecule has 1 fully saturated rings. The molecule has 2 aromatic rings. The highest BCUT2D eigenvalue weighted by Gasteiger charge is 2.23. The minimum atomic E-state index is -2.99. The number of carbonyl (C=O) groups is 1. The standard InChI is InChI=1S/C19H19ClF2N2O3/c1-26-16-7-2-13(12-17(16)27-19(21)22)18(25)24-10-8-23(9-11-24)15-5-3-14(20)4-6-15/h2-7,12,19H,8-11H2,1H3. The molecule has 8 heteroatoms. The van der Waals surface area contributed by atoms with Crippen LogP contribution in [-0.4, -0.2) is 50.7 Å². The molecule has 0 aliphatic carbocycles. The molecule has 0 unspecified atom stereocenters. The molecule has 0 aromatic heterocycles. The summed E-state index contributed by atoms with van der Waals surface area (Å²) in [5, 5.41) is 0.675. The van der Waals surface area contributed by atoms with E-state index in [1.54, 1.807) is 11.0 Å². The minimum absolute atomic E-state index is 0.152. The average Bonchev–Trinajstić information content (AvgIpc) is 2.68. The summed E-state index contributed by atoms with van der Waals surface area (Å²) in [7, 11) is 1.35. The number of hydrogen-bond acceptors (Lipinski definition) is 4. The van der Waals surface area contributed by atoms with Crippen LogP contribution < -0.4 is 14.4 Å². The smallest absolute Gasteiger partial charge is 0.387 e. The van der Waals surface area contributed by atoms with Crippen LogP contribution in [-0.2, 0) is 0 Å². The highest BCUT2D eigenvalue weighted by atomic mass is 35.5. The van der Waals surface area contributed by atoms with E-state index in [-0.39, 0.29) is 23.0 Å². The van der Waals surface area contributed by atoms with E-state index in [1.165, 1.54) is 19.2 Å². The molecule has 0 spiro atoms. The lowest BCUT2D eigenvalue weighted by molar-refractivity contribution is -0.0512. The number of methoxy groups -OCH3 is 1. The summed E-state index contributed by atoms with van der Waals surface area (Å²) in [6.45, 7) is -0.600. The normalized spacial score (nSPS) is 14.4. The second kappa shape index (κ2) is 8.43. The Morgan fingerprint density at radius 3 is 2.30 bits per heavy atom. The number of nitrogens with zero attached hydrogens (tertiary/aromatic N) is 2. The molecule has 1 heterocycles. The van der Waals surface area contributed by atoms with Gasteiger partial charge in [0, 0.05) is 42.5 Å². The molecule has 5 nitrogen and oxygen atoms in total. The zero-order valence-electron chi connectivity index (χ0n) is 14.7. The lowest BCUT2D eigenvalue weighted by Gasteiger charge is -2.36. The summed E-state index contributed by atoms with van der Waals surface area (Å²) in [6, 6.07) is 11.8. The number of halogens is 3. The van der Waals surface area contributed by atoms with Gasteiger partial charge >= 0.3 is 6.61 Å². The molecule has 1 saturated heterocycles. The van der Waals surface area contributed by atoms with Gasteiger partial charge in [-0.1, -0.05) is 11.6 Å². The molecule has 1 aliphatic rings. The zero-order valence-corrected chi connectivity index (χ0v) is 15.5. The van der Waals surface area contributed by atoms with Crippen molar-refractivity contribution >= 4 is 23.2 Å². The number of piperazine rings is 1. The third-order valence-electron chi connectivity index (χ3n) is 4.39. The first-order chi connectivity index (χ1) is 13.0. The van der Waals surface area contributed by atoms with E-state index < -0.39 is 6.61 Å². The van der Waals surface area contributed by atoms with E-state index in [4.69, 9.17) is 16.3 Å². The van der Waals surface area contributed by atoms with Crippen LogP contribution in [0.1, 0.15) is 10.4 Å². The van der Waals surface area contributed by atoms with Crippen molar-refractivity contribution in [2.24, 2.45) is 0 Å². The summed E-state index contributed by atoms with van der Waals surface area (Å²) in [6.07, 6.45) is 0. The molecule has 0 radical (unpaired) electrons. The van der Waals surface area contributed by atoms with Crippen molar-refractivity contribution in [3.05, 3.63) is 53.1 Å². The zero-order chi connectivity index (χ0) is 19.4. The van der Waals surface area contributed by atoms with Crippen molar-refractivity contribution in [3.63, 3.8) is 0 Å². The molecule has 0 saturated carbocycles. The van der Waals surface area contributed by atoms with Gasteiger partial charge in [0.1, 0.15) is 0 Å². The molecule has 0 N–H and O–H groups in total. The van der Waals surface area contributed by atoms with Crippen LogP contribution in [0.15, 0.2) is 42.5 Å². The topological polar surface area (TPSA) is 42.0 Å². The maximum Gasteiger partial charge on any atom is 0.387 e. The Morgan fingerprint density at radius 1 is 1.04 bits per heavy atom. The van der Waals surface area contributed by atoms with E-state index in [0.29, 0.717) is 31.2 Å². The number of hydrogen-bond donors (Lipinski definition) is 0. The quantitative estimate of drug-likeness (QED) is 0.768. The van der Waals surface area contributed by atoms with E-state index in [0.717, 1.165) is 5.69 Å². The molecular formula is C19H19ClF2N2O3. The first kappa shape index (κ1) is 19.2. The third kappa shape index (κ3) is 4.60. The van der Waals surface area contributed by atoms with E-state index in [1.807, 2.05) is 24.3 Å². The van der Waals surface area contributed by atoms with Crippen molar-refractivity contribution in [1.82, 2.24) is 4.90 Å². The largest absolute Gasteiger partial charge is 0.493 e. The van der Waals surface area contributed by atoms with Crippen molar-refractivity contribution in [2.45, 2.75) is 6.61 Å². The van der Waals surface area contributed by atoms with Gasteiger partial charge in [-0.05, 0) is 42.5 Å². The van der Waals surface area contributed by atoms with Crippen molar-refractivity contribution in [1.29, 1.82) is 0 Å². The molecule has 0 atom stereocenters. The maximum atomic E-state index is 12.7. The molecule has 27 heavy (non-hydrogen) atoms. The summed E-state index contributed by atoms with van der Waals surface area (Å²) >= 11 is 5.91. The fraction of sp³-hybridized carbons (Fsp3) is 0.316. The van der Waals surface area contributed by atoms with Gasteiger partial charge in [-0.25, -0.2) is 0 Å². The van der Waals surface area contributed by atoms with Crippen LogP contribution in [0.3, 0.4) is 0 Å². The average molecular weight is 397 g/mol. The van der Waals surface area contributed by atoms with Gasteiger partial charge in [0.25, 0.3) is 5.91 Å².